The highest BCUT2D eigenvalue weighted by atomic mass is 14.8. The highest BCUT2D eigenvalue weighted by Gasteiger charge is 1.90. The molecule has 2 N–H and O–H groups in total. The van der Waals surface area contributed by atoms with Crippen LogP contribution in [0.3, 0.4) is 0 Å². The molecule has 0 aliphatic heterocycles. The lowest BCUT2D eigenvalue weighted by atomic mass is 10.2. The van der Waals surface area contributed by atoms with Crippen LogP contribution in [0.15, 0.2) is 12.3 Å². The number of nitrogens with two attached hydrogens (primary N) is 1. The molecule has 0 radical (unpaired) electrons. The Kier molecular flexibility index (Phi) is 4.27. The monoisotopic (exact) mass is 152 g/mol. The molecule has 2 heteroatoms. The van der Waals surface area contributed by atoms with Gasteiger partial charge in [0.15, 0.2) is 0 Å². The van der Waals surface area contributed by atoms with Crippen LogP contribution in [0, 0.1) is 13.8 Å². The zero-order valence-electron chi connectivity index (χ0n) is 7.68. The fraction of sp³-hybridized carbons (Fsp3) is 0.444. The van der Waals surface area contributed by atoms with Gasteiger partial charge in [-0.25, -0.2) is 4.98 Å². The van der Waals surface area contributed by atoms with Gasteiger partial charge in [0, 0.05) is 6.20 Å². The highest BCUT2D eigenvalue weighted by molar-refractivity contribution is 5.35. The van der Waals surface area contributed by atoms with E-state index in [2.05, 4.69) is 4.98 Å². The first-order valence-electron chi connectivity index (χ1n) is 3.89. The van der Waals surface area contributed by atoms with Crippen molar-refractivity contribution in [2.75, 3.05) is 5.73 Å². The molecule has 2 nitrogen and oxygen atoms in total. The Hall–Kier alpha value is -1.05. The lowest BCUT2D eigenvalue weighted by Crippen LogP contribution is -1.91. The molecule has 1 aromatic heterocycles. The number of aryl methyl sites for hydroxylation is 2. The highest BCUT2D eigenvalue weighted by Crippen LogP contribution is 2.06. The third kappa shape index (κ3) is 3.03. The number of rotatable bonds is 0. The van der Waals surface area contributed by atoms with Gasteiger partial charge in [0.05, 0.1) is 0 Å². The summed E-state index contributed by atoms with van der Waals surface area (Å²) >= 11 is 0. The predicted octanol–water partition coefficient (Wildman–Crippen LogP) is 2.31. The van der Waals surface area contributed by atoms with E-state index in [1.54, 1.807) is 6.20 Å². The van der Waals surface area contributed by atoms with E-state index in [9.17, 15) is 0 Å². The lowest BCUT2D eigenvalue weighted by molar-refractivity contribution is 1.22. The lowest BCUT2D eigenvalue weighted by Gasteiger charge is -1.97. The van der Waals surface area contributed by atoms with Crippen molar-refractivity contribution in [2.45, 2.75) is 27.7 Å². The zero-order chi connectivity index (χ0) is 8.85. The Bertz CT molecular complexity index is 219. The van der Waals surface area contributed by atoms with Crippen LogP contribution in [-0.2, 0) is 0 Å². The van der Waals surface area contributed by atoms with E-state index in [1.807, 2.05) is 33.8 Å². The van der Waals surface area contributed by atoms with Crippen LogP contribution in [-0.4, -0.2) is 4.98 Å². The van der Waals surface area contributed by atoms with Gasteiger partial charge in [0.25, 0.3) is 0 Å². The topological polar surface area (TPSA) is 38.9 Å². The van der Waals surface area contributed by atoms with Crippen LogP contribution in [0.2, 0.25) is 0 Å². The van der Waals surface area contributed by atoms with Gasteiger partial charge in [-0.1, -0.05) is 13.8 Å². The van der Waals surface area contributed by atoms with Gasteiger partial charge >= 0.3 is 0 Å². The third-order valence-electron chi connectivity index (χ3n) is 1.39. The summed E-state index contributed by atoms with van der Waals surface area (Å²) in [5.74, 6) is 0.595. The summed E-state index contributed by atoms with van der Waals surface area (Å²) in [6, 6.07) is 1.87. The van der Waals surface area contributed by atoms with Crippen molar-refractivity contribution in [3.05, 3.63) is 23.4 Å². The number of aromatic nitrogens is 1. The van der Waals surface area contributed by atoms with Crippen molar-refractivity contribution in [3.63, 3.8) is 0 Å². The van der Waals surface area contributed by atoms with E-state index in [-0.39, 0.29) is 0 Å². The molecule has 0 spiro atoms. The first-order chi connectivity index (χ1) is 5.20. The molecular weight excluding hydrogens is 136 g/mol. The molecule has 1 aromatic rings. The average Bonchev–Trinajstić information content (AvgIpc) is 2.02. The summed E-state index contributed by atoms with van der Waals surface area (Å²) in [5.41, 5.74) is 7.80. The van der Waals surface area contributed by atoms with E-state index in [1.165, 1.54) is 11.1 Å². The number of nitrogen functional groups attached to an aromatic ring is 1. The van der Waals surface area contributed by atoms with Crippen molar-refractivity contribution in [1.29, 1.82) is 0 Å². The van der Waals surface area contributed by atoms with Crippen molar-refractivity contribution >= 4 is 5.82 Å². The summed E-state index contributed by atoms with van der Waals surface area (Å²) < 4.78 is 0. The number of pyridine rings is 1. The van der Waals surface area contributed by atoms with Crippen LogP contribution < -0.4 is 5.73 Å². The van der Waals surface area contributed by atoms with Crippen LogP contribution >= 0.6 is 0 Å². The molecule has 1 rings (SSSR count). The van der Waals surface area contributed by atoms with Gasteiger partial charge in [-0.05, 0) is 31.0 Å². The fourth-order valence-corrected chi connectivity index (χ4v) is 0.646. The van der Waals surface area contributed by atoms with Crippen LogP contribution in [0.1, 0.15) is 25.0 Å². The smallest absolute Gasteiger partial charge is 0.123 e. The van der Waals surface area contributed by atoms with Gasteiger partial charge in [0.2, 0.25) is 0 Å². The van der Waals surface area contributed by atoms with Gasteiger partial charge in [-0.3, -0.25) is 0 Å². The Morgan fingerprint density at radius 3 is 2.09 bits per heavy atom. The molecule has 62 valence electrons. The van der Waals surface area contributed by atoms with Gasteiger partial charge in [-0.2, -0.15) is 0 Å². The quantitative estimate of drug-likeness (QED) is 0.619. The van der Waals surface area contributed by atoms with E-state index in [0.29, 0.717) is 5.82 Å². The van der Waals surface area contributed by atoms with Crippen molar-refractivity contribution in [1.82, 2.24) is 4.98 Å². The Morgan fingerprint density at radius 2 is 1.73 bits per heavy atom. The van der Waals surface area contributed by atoms with Crippen LogP contribution in [0.5, 0.6) is 0 Å². The molecule has 11 heavy (non-hydrogen) atoms. The van der Waals surface area contributed by atoms with E-state index in [0.717, 1.165) is 0 Å². The Labute approximate surface area is 68.5 Å². The Balaban J connectivity index is 0.000000461. The first kappa shape index (κ1) is 9.95. The second kappa shape index (κ2) is 4.72. The van der Waals surface area contributed by atoms with Crippen LogP contribution in [0.25, 0.3) is 0 Å². The molecule has 0 saturated heterocycles. The summed E-state index contributed by atoms with van der Waals surface area (Å²) in [6.45, 7) is 8.04. The average molecular weight is 152 g/mol. The third-order valence-corrected chi connectivity index (χ3v) is 1.39. The minimum atomic E-state index is 0.595. The van der Waals surface area contributed by atoms with Crippen LogP contribution in [0.4, 0.5) is 5.82 Å². The molecule has 0 aliphatic rings. The second-order valence-corrected chi connectivity index (χ2v) is 2.19. The normalized spacial score (nSPS) is 8.36. The number of nitrogens with zero attached hydrogens (tertiary/aromatic N) is 1. The summed E-state index contributed by atoms with van der Waals surface area (Å²) in [7, 11) is 0. The van der Waals surface area contributed by atoms with Gasteiger partial charge < -0.3 is 5.73 Å². The molecule has 0 atom stereocenters. The zero-order valence-corrected chi connectivity index (χ0v) is 7.68. The van der Waals surface area contributed by atoms with E-state index in [4.69, 9.17) is 5.73 Å². The summed E-state index contributed by atoms with van der Waals surface area (Å²) in [4.78, 5) is 3.92. The largest absolute Gasteiger partial charge is 0.384 e. The van der Waals surface area contributed by atoms with Crippen molar-refractivity contribution < 1.29 is 0 Å². The predicted molar refractivity (Wildman–Crippen MR) is 49.5 cm³/mol. The molecule has 1 heterocycles. The van der Waals surface area contributed by atoms with E-state index < -0.39 is 0 Å². The van der Waals surface area contributed by atoms with Crippen molar-refractivity contribution in [3.8, 4) is 0 Å². The standard InChI is InChI=1S/C7H10N2.C2H6/c1-5-3-7(8)9-4-6(5)2;1-2/h3-4H,1-2H3,(H2,8,9);1-2H3. The maximum atomic E-state index is 5.42. The molecule has 0 fully saturated rings. The Morgan fingerprint density at radius 1 is 1.18 bits per heavy atom. The minimum absolute atomic E-state index is 0.595. The summed E-state index contributed by atoms with van der Waals surface area (Å²) in [5, 5.41) is 0. The van der Waals surface area contributed by atoms with Crippen molar-refractivity contribution in [2.24, 2.45) is 0 Å². The molecule has 0 unspecified atom stereocenters. The maximum Gasteiger partial charge on any atom is 0.123 e. The molecule has 0 bridgehead atoms. The molecule has 0 amide bonds. The minimum Gasteiger partial charge on any atom is -0.384 e. The van der Waals surface area contributed by atoms with Gasteiger partial charge in [-0.15, -0.1) is 0 Å². The number of hydrogen-bond donors (Lipinski definition) is 1. The number of hydrogen-bond acceptors (Lipinski definition) is 2. The first-order valence-corrected chi connectivity index (χ1v) is 3.89. The molecular formula is C9H16N2. The number of anilines is 1. The molecule has 0 saturated carbocycles. The van der Waals surface area contributed by atoms with Gasteiger partial charge in [0.1, 0.15) is 5.82 Å². The fourth-order valence-electron chi connectivity index (χ4n) is 0.646. The maximum absolute atomic E-state index is 5.42. The SMILES string of the molecule is CC.Cc1cnc(N)cc1C. The molecule has 0 aromatic carbocycles. The summed E-state index contributed by atoms with van der Waals surface area (Å²) in [6.07, 6.45) is 1.78. The molecule has 0 aliphatic carbocycles. The van der Waals surface area contributed by atoms with E-state index >= 15 is 0 Å². The second-order valence-electron chi connectivity index (χ2n) is 2.19.